The minimum atomic E-state index is -1.69. The number of aliphatic hydroxyl groups excluding tert-OH is 4. The van der Waals surface area contributed by atoms with Gasteiger partial charge in [0.1, 0.15) is 24.4 Å². The second-order valence-corrected chi connectivity index (χ2v) is 6.10. The van der Waals surface area contributed by atoms with Crippen LogP contribution in [-0.2, 0) is 14.3 Å². The first-order valence-corrected chi connectivity index (χ1v) is 7.80. The largest absolute Gasteiger partial charge is 0.475 e. The topological polar surface area (TPSA) is 137 Å². The third-order valence-electron chi connectivity index (χ3n) is 3.45. The highest BCUT2D eigenvalue weighted by Crippen LogP contribution is 2.24. The van der Waals surface area contributed by atoms with E-state index < -0.39 is 49.0 Å². The van der Waals surface area contributed by atoms with Crippen LogP contribution in [0.2, 0.25) is 0 Å². The molecule has 1 fully saturated rings. The van der Waals surface area contributed by atoms with Crippen LogP contribution in [0.4, 0.5) is 0 Å². The van der Waals surface area contributed by atoms with Crippen molar-refractivity contribution in [3.63, 3.8) is 0 Å². The number of hydrogen-bond donors (Lipinski definition) is 5. The highest BCUT2D eigenvalue weighted by atomic mass is 79.9. The van der Waals surface area contributed by atoms with Crippen molar-refractivity contribution in [3.8, 4) is 0 Å². The summed E-state index contributed by atoms with van der Waals surface area (Å²) in [6.45, 7) is -0.636. The predicted octanol–water partition coefficient (Wildman–Crippen LogP) is -0.309. The molecular formula is C15H17BrO8. The Balaban J connectivity index is 2.22. The highest BCUT2D eigenvalue weighted by Gasteiger charge is 2.45. The number of halogens is 1. The van der Waals surface area contributed by atoms with Crippen molar-refractivity contribution in [2.75, 3.05) is 6.61 Å². The van der Waals surface area contributed by atoms with E-state index in [1.165, 1.54) is 6.08 Å². The van der Waals surface area contributed by atoms with Gasteiger partial charge in [-0.15, -0.1) is 0 Å². The van der Waals surface area contributed by atoms with E-state index in [0.29, 0.717) is 5.56 Å². The van der Waals surface area contributed by atoms with Gasteiger partial charge in [-0.25, -0.2) is 4.79 Å². The number of carboxylic acids is 1. The fourth-order valence-corrected chi connectivity index (χ4v) is 2.60. The molecule has 1 aliphatic heterocycles. The highest BCUT2D eigenvalue weighted by molar-refractivity contribution is 9.10. The Morgan fingerprint density at radius 1 is 1.25 bits per heavy atom. The fraction of sp³-hybridized carbons (Fsp3) is 0.400. The molecule has 1 saturated heterocycles. The average Bonchev–Trinajstić information content (AvgIpc) is 2.54. The zero-order chi connectivity index (χ0) is 17.9. The number of benzene rings is 1. The summed E-state index contributed by atoms with van der Waals surface area (Å²) in [4.78, 5) is 11.4. The molecule has 5 atom stereocenters. The first-order valence-electron chi connectivity index (χ1n) is 7.01. The number of aliphatic hydroxyl groups is 4. The van der Waals surface area contributed by atoms with Gasteiger partial charge in [-0.1, -0.05) is 28.1 Å². The van der Waals surface area contributed by atoms with E-state index in [4.69, 9.17) is 14.6 Å². The molecule has 24 heavy (non-hydrogen) atoms. The summed E-state index contributed by atoms with van der Waals surface area (Å²) in [5.41, 5.74) is 0.520. The molecule has 0 saturated carbocycles. The van der Waals surface area contributed by atoms with Gasteiger partial charge >= 0.3 is 5.97 Å². The molecule has 132 valence electrons. The first kappa shape index (κ1) is 18.8. The van der Waals surface area contributed by atoms with Crippen molar-refractivity contribution in [3.05, 3.63) is 40.1 Å². The number of carboxylic acid groups (broad SMARTS) is 1. The summed E-state index contributed by atoms with van der Waals surface area (Å²) in [5.74, 6) is -1.94. The summed E-state index contributed by atoms with van der Waals surface area (Å²) in [6, 6.07) is 6.75. The van der Waals surface area contributed by atoms with E-state index in [2.05, 4.69) is 15.9 Å². The molecule has 0 amide bonds. The maximum Gasteiger partial charge on any atom is 0.371 e. The summed E-state index contributed by atoms with van der Waals surface area (Å²) in [7, 11) is 0. The number of carbonyl (C=O) groups is 1. The molecule has 1 heterocycles. The molecule has 0 radical (unpaired) electrons. The van der Waals surface area contributed by atoms with Crippen LogP contribution in [0.3, 0.4) is 0 Å². The normalized spacial score (nSPS) is 30.9. The molecule has 5 N–H and O–H groups in total. The van der Waals surface area contributed by atoms with E-state index in [9.17, 15) is 25.2 Å². The molecule has 8 nitrogen and oxygen atoms in total. The molecular weight excluding hydrogens is 388 g/mol. The van der Waals surface area contributed by atoms with Gasteiger partial charge in [0, 0.05) is 4.47 Å². The Hall–Kier alpha value is -1.49. The van der Waals surface area contributed by atoms with Crippen LogP contribution < -0.4 is 0 Å². The Morgan fingerprint density at radius 3 is 2.54 bits per heavy atom. The van der Waals surface area contributed by atoms with E-state index in [-0.39, 0.29) is 0 Å². The van der Waals surface area contributed by atoms with Crippen LogP contribution in [0.15, 0.2) is 34.5 Å². The summed E-state index contributed by atoms with van der Waals surface area (Å²) >= 11 is 3.26. The van der Waals surface area contributed by atoms with Crippen LogP contribution in [-0.4, -0.2) is 68.8 Å². The smallest absolute Gasteiger partial charge is 0.371 e. The second-order valence-electron chi connectivity index (χ2n) is 5.18. The zero-order valence-electron chi connectivity index (χ0n) is 12.3. The van der Waals surface area contributed by atoms with Gasteiger partial charge < -0.3 is 35.0 Å². The van der Waals surface area contributed by atoms with Crippen LogP contribution >= 0.6 is 15.9 Å². The van der Waals surface area contributed by atoms with Crippen molar-refractivity contribution >= 4 is 28.0 Å². The standard InChI is InChI=1S/C15H17BrO8/c16-8-3-1-2-7(4-8)5-9(14(21)22)23-15-13(20)12(19)11(18)10(6-17)24-15/h1-5,10-13,15,17-20H,6H2,(H,21,22)/t10-,11-,12+,13-,15-/m0/s1. The molecule has 0 aliphatic carbocycles. The Bertz CT molecular complexity index is 617. The number of ether oxygens (including phenoxy) is 2. The average molecular weight is 405 g/mol. The lowest BCUT2D eigenvalue weighted by Gasteiger charge is -2.39. The van der Waals surface area contributed by atoms with Gasteiger partial charge in [0.15, 0.2) is 0 Å². The number of hydrogen-bond acceptors (Lipinski definition) is 7. The Kier molecular flexibility index (Phi) is 6.33. The predicted molar refractivity (Wildman–Crippen MR) is 84.6 cm³/mol. The molecule has 1 aromatic carbocycles. The van der Waals surface area contributed by atoms with Gasteiger partial charge in [0.2, 0.25) is 12.0 Å². The second kappa shape index (κ2) is 8.06. The quantitative estimate of drug-likeness (QED) is 0.333. The first-order chi connectivity index (χ1) is 11.3. The third-order valence-corrected chi connectivity index (χ3v) is 3.94. The summed E-state index contributed by atoms with van der Waals surface area (Å²) in [6.07, 6.45) is -6.42. The Labute approximate surface area is 145 Å². The van der Waals surface area contributed by atoms with Crippen LogP contribution in [0.1, 0.15) is 5.56 Å². The monoisotopic (exact) mass is 404 g/mol. The lowest BCUT2D eigenvalue weighted by atomic mass is 9.99. The summed E-state index contributed by atoms with van der Waals surface area (Å²) in [5, 5.41) is 47.7. The molecule has 2 rings (SSSR count). The SMILES string of the molecule is O=C(O)C(=Cc1cccc(Br)c1)O[C@H]1O[C@@H](CO)[C@H](O)[C@@H](O)[C@@H]1O. The van der Waals surface area contributed by atoms with Gasteiger partial charge in [-0.2, -0.15) is 0 Å². The maximum absolute atomic E-state index is 11.4. The van der Waals surface area contributed by atoms with E-state index >= 15 is 0 Å². The lowest BCUT2D eigenvalue weighted by molar-refractivity contribution is -0.291. The minimum absolute atomic E-state index is 0.520. The van der Waals surface area contributed by atoms with Crippen molar-refractivity contribution in [2.45, 2.75) is 30.7 Å². The van der Waals surface area contributed by atoms with Crippen molar-refractivity contribution < 1.29 is 39.8 Å². The van der Waals surface area contributed by atoms with Crippen LogP contribution in [0.5, 0.6) is 0 Å². The zero-order valence-corrected chi connectivity index (χ0v) is 13.9. The van der Waals surface area contributed by atoms with Gasteiger partial charge in [-0.05, 0) is 23.8 Å². The van der Waals surface area contributed by atoms with Crippen molar-refractivity contribution in [2.24, 2.45) is 0 Å². The summed E-state index contributed by atoms with van der Waals surface area (Å²) < 4.78 is 11.0. The van der Waals surface area contributed by atoms with E-state index in [1.807, 2.05) is 0 Å². The van der Waals surface area contributed by atoms with E-state index in [1.54, 1.807) is 24.3 Å². The van der Waals surface area contributed by atoms with Crippen LogP contribution in [0, 0.1) is 0 Å². The molecule has 0 aromatic heterocycles. The van der Waals surface area contributed by atoms with Gasteiger partial charge in [0.05, 0.1) is 6.61 Å². The van der Waals surface area contributed by atoms with Crippen LogP contribution in [0.25, 0.3) is 6.08 Å². The lowest BCUT2D eigenvalue weighted by Crippen LogP contribution is -2.59. The van der Waals surface area contributed by atoms with Crippen molar-refractivity contribution in [1.29, 1.82) is 0 Å². The van der Waals surface area contributed by atoms with E-state index in [0.717, 1.165) is 4.47 Å². The van der Waals surface area contributed by atoms with Gasteiger partial charge in [-0.3, -0.25) is 0 Å². The molecule has 0 bridgehead atoms. The molecule has 1 aliphatic rings. The maximum atomic E-state index is 11.4. The third kappa shape index (κ3) is 4.32. The van der Waals surface area contributed by atoms with Crippen molar-refractivity contribution in [1.82, 2.24) is 0 Å². The number of rotatable bonds is 5. The molecule has 1 aromatic rings. The number of aliphatic carboxylic acids is 1. The van der Waals surface area contributed by atoms with Gasteiger partial charge in [0.25, 0.3) is 0 Å². The molecule has 0 spiro atoms. The Morgan fingerprint density at radius 2 is 1.96 bits per heavy atom. The fourth-order valence-electron chi connectivity index (χ4n) is 2.18. The molecule has 9 heteroatoms. The minimum Gasteiger partial charge on any atom is -0.475 e. The molecule has 0 unspecified atom stereocenters.